The fourth-order valence-electron chi connectivity index (χ4n) is 1.83. The van der Waals surface area contributed by atoms with Crippen LogP contribution in [0.1, 0.15) is 5.56 Å². The maximum absolute atomic E-state index is 11.6. The van der Waals surface area contributed by atoms with E-state index in [0.717, 1.165) is 6.07 Å². The summed E-state index contributed by atoms with van der Waals surface area (Å²) in [6.07, 6.45) is 1.19. The highest BCUT2D eigenvalue weighted by Gasteiger charge is 2.19. The molecule has 2 aromatic carbocycles. The molecule has 24 heavy (non-hydrogen) atoms. The molecule has 0 aromatic heterocycles. The first kappa shape index (κ1) is 16.7. The summed E-state index contributed by atoms with van der Waals surface area (Å²) in [5.74, 6) is -0.645. The monoisotopic (exact) mass is 330 g/mol. The molecule has 0 saturated carbocycles. The molecule has 0 saturated heterocycles. The predicted octanol–water partition coefficient (Wildman–Crippen LogP) is 2.46. The first-order valence-corrected chi connectivity index (χ1v) is 6.71. The highest BCUT2D eigenvalue weighted by Crippen LogP contribution is 2.36. The van der Waals surface area contributed by atoms with E-state index in [9.17, 15) is 20.0 Å². The van der Waals surface area contributed by atoms with E-state index in [4.69, 9.17) is 4.74 Å². The fourth-order valence-corrected chi connectivity index (χ4v) is 1.83. The lowest BCUT2D eigenvalue weighted by atomic mass is 10.2. The molecule has 124 valence electrons. The highest BCUT2D eigenvalue weighted by atomic mass is 16.6. The number of para-hydroxylation sites is 1. The van der Waals surface area contributed by atoms with Crippen LogP contribution in [0.2, 0.25) is 0 Å². The Kier molecular flexibility index (Phi) is 5.29. The summed E-state index contributed by atoms with van der Waals surface area (Å²) in [6, 6.07) is 10.6. The van der Waals surface area contributed by atoms with Crippen LogP contribution < -0.4 is 15.5 Å². The number of amides is 2. The molecule has 0 spiro atoms. The molecule has 0 fully saturated rings. The molecule has 9 heteroatoms. The van der Waals surface area contributed by atoms with Crippen molar-refractivity contribution < 1.29 is 19.6 Å². The summed E-state index contributed by atoms with van der Waals surface area (Å²) in [4.78, 5) is 21.8. The summed E-state index contributed by atoms with van der Waals surface area (Å²) in [7, 11) is 1.27. The molecular weight excluding hydrogens is 316 g/mol. The number of hydrogen-bond donors (Lipinski definition) is 3. The maximum atomic E-state index is 11.6. The first-order valence-electron chi connectivity index (χ1n) is 6.71. The van der Waals surface area contributed by atoms with Gasteiger partial charge in [-0.05, 0) is 18.2 Å². The van der Waals surface area contributed by atoms with Crippen LogP contribution >= 0.6 is 0 Å². The number of hydrogen-bond acceptors (Lipinski definition) is 6. The molecule has 0 aliphatic heterocycles. The summed E-state index contributed by atoms with van der Waals surface area (Å²) in [5, 5.41) is 26.8. The van der Waals surface area contributed by atoms with Crippen molar-refractivity contribution in [3.8, 4) is 11.5 Å². The summed E-state index contributed by atoms with van der Waals surface area (Å²) >= 11 is 0. The second-order valence-electron chi connectivity index (χ2n) is 4.54. The minimum absolute atomic E-state index is 0.0700. The SMILES string of the molecule is COc1cc(/C=N\NC(=O)Nc2ccccc2)cc([N+](=O)[O-])c1O. The molecule has 9 nitrogen and oxygen atoms in total. The Bertz CT molecular complexity index is 777. The number of benzene rings is 2. The third-order valence-electron chi connectivity index (χ3n) is 2.91. The minimum Gasteiger partial charge on any atom is -0.500 e. The average molecular weight is 330 g/mol. The number of rotatable bonds is 5. The van der Waals surface area contributed by atoms with E-state index in [-0.39, 0.29) is 11.3 Å². The van der Waals surface area contributed by atoms with Crippen LogP contribution in [-0.2, 0) is 0 Å². The number of urea groups is 1. The average Bonchev–Trinajstić information content (AvgIpc) is 2.56. The van der Waals surface area contributed by atoms with Crippen molar-refractivity contribution in [2.75, 3.05) is 12.4 Å². The maximum Gasteiger partial charge on any atom is 0.339 e. The van der Waals surface area contributed by atoms with Crippen molar-refractivity contribution in [2.45, 2.75) is 0 Å². The third kappa shape index (κ3) is 4.19. The summed E-state index contributed by atoms with van der Waals surface area (Å²) in [6.45, 7) is 0. The van der Waals surface area contributed by atoms with Gasteiger partial charge in [0.25, 0.3) is 0 Å². The van der Waals surface area contributed by atoms with Crippen LogP contribution in [-0.4, -0.2) is 29.4 Å². The number of ether oxygens (including phenoxy) is 1. The van der Waals surface area contributed by atoms with Crippen molar-refractivity contribution in [1.82, 2.24) is 5.43 Å². The topological polar surface area (TPSA) is 126 Å². The normalized spacial score (nSPS) is 10.4. The van der Waals surface area contributed by atoms with Crippen LogP contribution in [0.3, 0.4) is 0 Å². The van der Waals surface area contributed by atoms with Gasteiger partial charge in [-0.15, -0.1) is 0 Å². The number of nitro benzene ring substituents is 1. The number of carbonyl (C=O) groups is 1. The Morgan fingerprint density at radius 2 is 2.04 bits per heavy atom. The fraction of sp³-hybridized carbons (Fsp3) is 0.0667. The van der Waals surface area contributed by atoms with Gasteiger partial charge in [-0.3, -0.25) is 10.1 Å². The molecule has 3 N–H and O–H groups in total. The minimum atomic E-state index is -0.745. The van der Waals surface area contributed by atoms with Gasteiger partial charge in [0.1, 0.15) is 0 Å². The predicted molar refractivity (Wildman–Crippen MR) is 87.5 cm³/mol. The van der Waals surface area contributed by atoms with E-state index in [1.807, 2.05) is 6.07 Å². The molecule has 2 rings (SSSR count). The smallest absolute Gasteiger partial charge is 0.339 e. The largest absolute Gasteiger partial charge is 0.500 e. The van der Waals surface area contributed by atoms with Gasteiger partial charge in [0, 0.05) is 17.3 Å². The molecule has 0 aliphatic carbocycles. The zero-order chi connectivity index (χ0) is 17.5. The van der Waals surface area contributed by atoms with E-state index >= 15 is 0 Å². The number of aromatic hydroxyl groups is 1. The molecular formula is C15H14N4O5. The molecule has 0 aliphatic rings. The van der Waals surface area contributed by atoms with Crippen molar-refractivity contribution in [2.24, 2.45) is 5.10 Å². The van der Waals surface area contributed by atoms with Crippen LogP contribution in [0.15, 0.2) is 47.6 Å². The molecule has 0 atom stereocenters. The molecule has 0 radical (unpaired) electrons. The molecule has 0 bridgehead atoms. The van der Waals surface area contributed by atoms with Crippen LogP contribution in [0.4, 0.5) is 16.2 Å². The van der Waals surface area contributed by atoms with Crippen LogP contribution in [0.5, 0.6) is 11.5 Å². The summed E-state index contributed by atoms with van der Waals surface area (Å²) in [5.41, 5.74) is 2.57. The number of phenols is 1. The van der Waals surface area contributed by atoms with Gasteiger partial charge in [-0.2, -0.15) is 5.10 Å². The van der Waals surface area contributed by atoms with Crippen molar-refractivity contribution in [1.29, 1.82) is 0 Å². The van der Waals surface area contributed by atoms with E-state index in [1.165, 1.54) is 19.4 Å². The second-order valence-corrected chi connectivity index (χ2v) is 4.54. The molecule has 2 aromatic rings. The molecule has 0 unspecified atom stereocenters. The Morgan fingerprint density at radius 3 is 2.67 bits per heavy atom. The second kappa shape index (κ2) is 7.58. The van der Waals surface area contributed by atoms with Gasteiger partial charge in [0.15, 0.2) is 5.75 Å². The quantitative estimate of drug-likeness (QED) is 0.441. The Morgan fingerprint density at radius 1 is 1.33 bits per heavy atom. The molecule has 0 heterocycles. The van der Waals surface area contributed by atoms with E-state index in [0.29, 0.717) is 5.69 Å². The van der Waals surface area contributed by atoms with Crippen LogP contribution in [0.25, 0.3) is 0 Å². The standard InChI is InChI=1S/C15H14N4O5/c1-24-13-8-10(7-12(14(13)20)19(22)23)9-16-18-15(21)17-11-5-3-2-4-6-11/h2-9,20H,1H3,(H2,17,18,21)/b16-9-. The lowest BCUT2D eigenvalue weighted by Crippen LogP contribution is -2.24. The van der Waals surface area contributed by atoms with Gasteiger partial charge < -0.3 is 15.2 Å². The lowest BCUT2D eigenvalue weighted by molar-refractivity contribution is -0.386. The van der Waals surface area contributed by atoms with Gasteiger partial charge in [-0.1, -0.05) is 18.2 Å². The van der Waals surface area contributed by atoms with Crippen molar-refractivity contribution >= 4 is 23.6 Å². The molecule has 2 amide bonds. The summed E-state index contributed by atoms with van der Waals surface area (Å²) < 4.78 is 4.87. The Labute approximate surface area is 136 Å². The number of nitrogens with one attached hydrogen (secondary N) is 2. The van der Waals surface area contributed by atoms with Crippen molar-refractivity contribution in [3.05, 3.63) is 58.1 Å². The lowest BCUT2D eigenvalue weighted by Gasteiger charge is -2.05. The number of nitrogens with zero attached hydrogens (tertiary/aromatic N) is 2. The van der Waals surface area contributed by atoms with E-state index in [2.05, 4.69) is 15.8 Å². The van der Waals surface area contributed by atoms with Gasteiger partial charge in [0.05, 0.1) is 18.2 Å². The van der Waals surface area contributed by atoms with E-state index in [1.54, 1.807) is 24.3 Å². The Hall–Kier alpha value is -3.62. The third-order valence-corrected chi connectivity index (χ3v) is 2.91. The number of hydrazone groups is 1. The zero-order valence-electron chi connectivity index (χ0n) is 12.6. The highest BCUT2D eigenvalue weighted by molar-refractivity contribution is 5.90. The van der Waals surface area contributed by atoms with Gasteiger partial charge in [0.2, 0.25) is 5.75 Å². The number of methoxy groups -OCH3 is 1. The van der Waals surface area contributed by atoms with Gasteiger partial charge in [-0.25, -0.2) is 10.2 Å². The first-order chi connectivity index (χ1) is 11.5. The van der Waals surface area contributed by atoms with Crippen LogP contribution in [0, 0.1) is 10.1 Å². The number of carbonyl (C=O) groups excluding carboxylic acids is 1. The zero-order valence-corrected chi connectivity index (χ0v) is 12.6. The number of nitro groups is 1. The van der Waals surface area contributed by atoms with E-state index < -0.39 is 22.4 Å². The van der Waals surface area contributed by atoms with Gasteiger partial charge >= 0.3 is 11.7 Å². The number of phenolic OH excluding ortho intramolecular Hbond substituents is 1. The Balaban J connectivity index is 2.07. The van der Waals surface area contributed by atoms with Crippen molar-refractivity contribution in [3.63, 3.8) is 0 Å². The number of anilines is 1.